The van der Waals surface area contributed by atoms with Crippen molar-refractivity contribution in [1.29, 1.82) is 0 Å². The van der Waals surface area contributed by atoms with Crippen LogP contribution in [-0.2, 0) is 25.9 Å². The van der Waals surface area contributed by atoms with Crippen LogP contribution in [0.5, 0.6) is 0 Å². The number of carbonyl (C=O) groups excluding carboxylic acids is 2. The molecular formula is C18H29N3O4S2. The SMILES string of the molecule is CCc1ccsc1S(N)(=O)=NC(=O)C(C=NC(=O)OC(C)(C)C)CC(C)C. The van der Waals surface area contributed by atoms with E-state index in [1.54, 1.807) is 26.2 Å². The number of amides is 2. The highest BCUT2D eigenvalue weighted by molar-refractivity contribution is 7.93. The summed E-state index contributed by atoms with van der Waals surface area (Å²) >= 11 is 1.22. The lowest BCUT2D eigenvalue weighted by atomic mass is 9.98. The minimum atomic E-state index is -3.34. The van der Waals surface area contributed by atoms with Crippen molar-refractivity contribution in [1.82, 2.24) is 0 Å². The Kier molecular flexibility index (Phi) is 8.31. The first-order valence-corrected chi connectivity index (χ1v) is 11.2. The zero-order valence-electron chi connectivity index (χ0n) is 16.7. The van der Waals surface area contributed by atoms with Crippen molar-refractivity contribution in [3.05, 3.63) is 17.0 Å². The predicted molar refractivity (Wildman–Crippen MR) is 109 cm³/mol. The summed E-state index contributed by atoms with van der Waals surface area (Å²) in [5.74, 6) is -1.31. The summed E-state index contributed by atoms with van der Waals surface area (Å²) in [7, 11) is -3.34. The standard InChI is InChI=1S/C18H29N3O4S2/c1-7-13-8-9-26-16(13)27(19,24)21-15(22)14(10-12(2)3)11-20-17(23)25-18(4,5)6/h8-9,11-12,14H,7,10H2,1-6H3,(H2,19,21,22,24). The lowest BCUT2D eigenvalue weighted by molar-refractivity contribution is -0.119. The molecule has 2 N–H and O–H groups in total. The molecule has 7 nitrogen and oxygen atoms in total. The maximum absolute atomic E-state index is 12.8. The molecular weight excluding hydrogens is 386 g/mol. The van der Waals surface area contributed by atoms with Crippen LogP contribution >= 0.6 is 11.3 Å². The second kappa shape index (κ2) is 9.57. The zero-order chi connectivity index (χ0) is 20.8. The average molecular weight is 416 g/mol. The smallest absolute Gasteiger partial charge is 0.433 e. The zero-order valence-corrected chi connectivity index (χ0v) is 18.4. The van der Waals surface area contributed by atoms with Gasteiger partial charge in [-0.3, -0.25) is 4.79 Å². The normalized spacial score (nSPS) is 15.6. The molecule has 0 saturated carbocycles. The molecule has 0 aliphatic rings. The molecule has 0 aliphatic carbocycles. The van der Waals surface area contributed by atoms with Gasteiger partial charge in [-0.2, -0.15) is 4.99 Å². The van der Waals surface area contributed by atoms with Crippen LogP contribution in [0.15, 0.2) is 25.0 Å². The first kappa shape index (κ1) is 23.5. The van der Waals surface area contributed by atoms with Gasteiger partial charge >= 0.3 is 6.09 Å². The Labute approximate surface area is 165 Å². The molecule has 1 aromatic heterocycles. The molecule has 1 rings (SSSR count). The topological polar surface area (TPSA) is 111 Å². The highest BCUT2D eigenvalue weighted by Crippen LogP contribution is 2.24. The predicted octanol–water partition coefficient (Wildman–Crippen LogP) is 4.21. The molecule has 0 radical (unpaired) electrons. The van der Waals surface area contributed by atoms with Crippen LogP contribution in [0.3, 0.4) is 0 Å². The Hall–Kier alpha value is -1.58. The first-order valence-electron chi connectivity index (χ1n) is 8.78. The van der Waals surface area contributed by atoms with E-state index in [0.29, 0.717) is 17.1 Å². The van der Waals surface area contributed by atoms with Crippen LogP contribution in [-0.4, -0.2) is 28.0 Å². The van der Waals surface area contributed by atoms with Gasteiger partial charge in [0.1, 0.15) is 9.81 Å². The number of aliphatic imine (C=N–C) groups is 1. The van der Waals surface area contributed by atoms with Gasteiger partial charge in [-0.25, -0.2) is 14.1 Å². The van der Waals surface area contributed by atoms with Crippen molar-refractivity contribution in [2.24, 2.45) is 26.3 Å². The summed E-state index contributed by atoms with van der Waals surface area (Å²) in [5, 5.41) is 7.66. The van der Waals surface area contributed by atoms with Crippen LogP contribution in [0.2, 0.25) is 0 Å². The van der Waals surface area contributed by atoms with Gasteiger partial charge in [-0.15, -0.1) is 15.7 Å². The maximum Gasteiger partial charge on any atom is 0.433 e. The lowest BCUT2D eigenvalue weighted by Gasteiger charge is -2.17. The fourth-order valence-corrected chi connectivity index (χ4v) is 4.88. The van der Waals surface area contributed by atoms with Gasteiger partial charge in [-0.1, -0.05) is 20.8 Å². The molecule has 0 aromatic carbocycles. The summed E-state index contributed by atoms with van der Waals surface area (Å²) in [5.41, 5.74) is 0.129. The van der Waals surface area contributed by atoms with Gasteiger partial charge in [0.05, 0.1) is 5.92 Å². The molecule has 2 atom stereocenters. The van der Waals surface area contributed by atoms with Gasteiger partial charge in [0.15, 0.2) is 9.92 Å². The first-order chi connectivity index (χ1) is 12.4. The van der Waals surface area contributed by atoms with E-state index in [9.17, 15) is 13.8 Å². The summed E-state index contributed by atoms with van der Waals surface area (Å²) in [6, 6.07) is 1.82. The van der Waals surface area contributed by atoms with E-state index in [4.69, 9.17) is 9.88 Å². The Morgan fingerprint density at radius 1 is 1.37 bits per heavy atom. The monoisotopic (exact) mass is 415 g/mol. The van der Waals surface area contributed by atoms with Crippen LogP contribution in [0.1, 0.15) is 53.5 Å². The molecule has 2 amide bonds. The van der Waals surface area contributed by atoms with Crippen LogP contribution in [0.4, 0.5) is 4.79 Å². The number of nitrogens with two attached hydrogens (primary N) is 1. The number of hydrogen-bond acceptors (Lipinski definition) is 5. The molecule has 1 aromatic rings. The molecule has 9 heteroatoms. The number of aryl methyl sites for hydroxylation is 1. The Morgan fingerprint density at radius 3 is 2.52 bits per heavy atom. The second-order valence-electron chi connectivity index (χ2n) is 7.58. The maximum atomic E-state index is 12.8. The van der Waals surface area contributed by atoms with Crippen LogP contribution in [0, 0.1) is 11.8 Å². The Morgan fingerprint density at radius 2 is 2.00 bits per heavy atom. The molecule has 27 heavy (non-hydrogen) atoms. The average Bonchev–Trinajstić information content (AvgIpc) is 2.98. The molecule has 0 fully saturated rings. The van der Waals surface area contributed by atoms with Crippen molar-refractivity contribution >= 4 is 39.5 Å². The summed E-state index contributed by atoms with van der Waals surface area (Å²) in [6.07, 6.45) is 1.47. The number of thiophene rings is 1. The summed E-state index contributed by atoms with van der Waals surface area (Å²) in [4.78, 5) is 28.1. The molecule has 152 valence electrons. The highest BCUT2D eigenvalue weighted by atomic mass is 32.2. The van der Waals surface area contributed by atoms with Crippen molar-refractivity contribution in [3.8, 4) is 0 Å². The molecule has 0 aliphatic heterocycles. The van der Waals surface area contributed by atoms with E-state index in [-0.39, 0.29) is 5.92 Å². The van der Waals surface area contributed by atoms with Gasteiger partial charge in [0.2, 0.25) is 0 Å². The van der Waals surface area contributed by atoms with E-state index in [0.717, 1.165) is 5.56 Å². The van der Waals surface area contributed by atoms with Gasteiger partial charge in [-0.05, 0) is 56.5 Å². The summed E-state index contributed by atoms with van der Waals surface area (Å²) < 4.78 is 22.1. The minimum Gasteiger partial charge on any atom is -0.442 e. The number of rotatable bonds is 6. The van der Waals surface area contributed by atoms with Gasteiger partial charge in [0.25, 0.3) is 5.91 Å². The Bertz CT molecular complexity index is 813. The van der Waals surface area contributed by atoms with Crippen molar-refractivity contribution in [3.63, 3.8) is 0 Å². The van der Waals surface area contributed by atoms with Crippen molar-refractivity contribution in [2.45, 2.75) is 64.2 Å². The summed E-state index contributed by atoms with van der Waals surface area (Å²) in [6.45, 7) is 10.9. The lowest BCUT2D eigenvalue weighted by Crippen LogP contribution is -2.24. The third kappa shape index (κ3) is 7.90. The van der Waals surface area contributed by atoms with Crippen LogP contribution < -0.4 is 5.14 Å². The Balaban J connectivity index is 3.11. The molecule has 0 saturated heterocycles. The van der Waals surface area contributed by atoms with Gasteiger partial charge < -0.3 is 4.74 Å². The minimum absolute atomic E-state index is 0.140. The van der Waals surface area contributed by atoms with E-state index < -0.39 is 33.4 Å². The fourth-order valence-electron chi connectivity index (χ4n) is 2.26. The quantitative estimate of drug-likeness (QED) is 0.701. The van der Waals surface area contributed by atoms with Crippen molar-refractivity contribution < 1.29 is 18.5 Å². The van der Waals surface area contributed by atoms with E-state index in [2.05, 4.69) is 9.36 Å². The van der Waals surface area contributed by atoms with Crippen molar-refractivity contribution in [2.75, 3.05) is 0 Å². The van der Waals surface area contributed by atoms with Crippen LogP contribution in [0.25, 0.3) is 0 Å². The fraction of sp³-hybridized carbons (Fsp3) is 0.611. The largest absolute Gasteiger partial charge is 0.442 e. The third-order valence-electron chi connectivity index (χ3n) is 3.37. The number of nitrogens with zero attached hydrogens (tertiary/aromatic N) is 2. The third-order valence-corrected chi connectivity index (χ3v) is 6.37. The number of hydrogen-bond donors (Lipinski definition) is 1. The molecule has 2 unspecified atom stereocenters. The number of carbonyl (C=O) groups is 2. The van der Waals surface area contributed by atoms with E-state index in [1.165, 1.54) is 17.6 Å². The number of ether oxygens (including phenoxy) is 1. The molecule has 0 spiro atoms. The molecule has 1 heterocycles. The second-order valence-corrected chi connectivity index (χ2v) is 10.5. The molecule has 0 bridgehead atoms. The van der Waals surface area contributed by atoms with Gasteiger partial charge in [0, 0.05) is 6.21 Å². The van der Waals surface area contributed by atoms with E-state index in [1.807, 2.05) is 26.8 Å². The van der Waals surface area contributed by atoms with E-state index >= 15 is 0 Å². The highest BCUT2D eigenvalue weighted by Gasteiger charge is 2.23.